The normalized spacial score (nSPS) is 10.5. The Bertz CT molecular complexity index is 289. The number of hydrogen-bond donors (Lipinski definition) is 1. The second-order valence-corrected chi connectivity index (χ2v) is 3.67. The first kappa shape index (κ1) is 11.5. The summed E-state index contributed by atoms with van der Waals surface area (Å²) in [5.74, 6) is -0.235. The van der Waals surface area contributed by atoms with E-state index in [1.165, 1.54) is 12.1 Å². The molecule has 1 rings (SSSR count). The van der Waals surface area contributed by atoms with Crippen LogP contribution < -0.4 is 5.32 Å². The molecule has 0 amide bonds. The summed E-state index contributed by atoms with van der Waals surface area (Å²) in [5.41, 5.74) is 0.822. The first-order chi connectivity index (χ1) is 6.74. The van der Waals surface area contributed by atoms with Gasteiger partial charge < -0.3 is 5.32 Å². The number of rotatable bonds is 5. The van der Waals surface area contributed by atoms with Crippen LogP contribution in [-0.2, 0) is 6.54 Å². The van der Waals surface area contributed by atoms with Crippen LogP contribution in [0.4, 0.5) is 4.39 Å². The zero-order valence-electron chi connectivity index (χ0n) is 8.32. The Labute approximate surface area is 89.3 Å². The molecule has 0 fully saturated rings. The lowest BCUT2D eigenvalue weighted by Crippen LogP contribution is -2.14. The van der Waals surface area contributed by atoms with E-state index in [1.54, 1.807) is 6.07 Å². The molecule has 14 heavy (non-hydrogen) atoms. The van der Waals surface area contributed by atoms with Gasteiger partial charge in [0.15, 0.2) is 0 Å². The van der Waals surface area contributed by atoms with Crippen LogP contribution in [0.3, 0.4) is 0 Å². The number of halogens is 2. The zero-order valence-corrected chi connectivity index (χ0v) is 9.07. The maximum absolute atomic E-state index is 12.8. The SMILES string of the molecule is CCCCNCc1cc(F)ccc1Cl. The van der Waals surface area contributed by atoms with Crippen molar-refractivity contribution in [2.24, 2.45) is 0 Å². The molecular weight excluding hydrogens is 201 g/mol. The van der Waals surface area contributed by atoms with E-state index in [2.05, 4.69) is 12.2 Å². The first-order valence-electron chi connectivity index (χ1n) is 4.88. The molecule has 1 aromatic rings. The van der Waals surface area contributed by atoms with Gasteiger partial charge in [0.2, 0.25) is 0 Å². The minimum Gasteiger partial charge on any atom is -0.313 e. The van der Waals surface area contributed by atoms with Gasteiger partial charge >= 0.3 is 0 Å². The van der Waals surface area contributed by atoms with Crippen molar-refractivity contribution in [3.8, 4) is 0 Å². The van der Waals surface area contributed by atoms with Gasteiger partial charge in [-0.1, -0.05) is 24.9 Å². The molecule has 1 N–H and O–H groups in total. The third-order valence-corrected chi connectivity index (χ3v) is 2.40. The molecular formula is C11H15ClFN. The molecule has 0 bridgehead atoms. The van der Waals surface area contributed by atoms with Crippen LogP contribution in [0.5, 0.6) is 0 Å². The van der Waals surface area contributed by atoms with Gasteiger partial charge in [-0.15, -0.1) is 0 Å². The molecule has 1 aromatic carbocycles. The van der Waals surface area contributed by atoms with E-state index in [1.807, 2.05) is 0 Å². The van der Waals surface area contributed by atoms with Crippen LogP contribution in [0.25, 0.3) is 0 Å². The van der Waals surface area contributed by atoms with Crippen molar-refractivity contribution < 1.29 is 4.39 Å². The lowest BCUT2D eigenvalue weighted by Gasteiger charge is -2.05. The minimum atomic E-state index is -0.235. The molecule has 0 aliphatic heterocycles. The fourth-order valence-electron chi connectivity index (χ4n) is 1.20. The second-order valence-electron chi connectivity index (χ2n) is 3.27. The Morgan fingerprint density at radius 2 is 2.21 bits per heavy atom. The van der Waals surface area contributed by atoms with E-state index in [9.17, 15) is 4.39 Å². The third-order valence-electron chi connectivity index (χ3n) is 2.03. The van der Waals surface area contributed by atoms with E-state index >= 15 is 0 Å². The quantitative estimate of drug-likeness (QED) is 0.743. The van der Waals surface area contributed by atoms with E-state index in [-0.39, 0.29) is 5.82 Å². The van der Waals surface area contributed by atoms with Gasteiger partial charge in [-0.25, -0.2) is 4.39 Å². The summed E-state index contributed by atoms with van der Waals surface area (Å²) in [6.45, 7) is 3.72. The van der Waals surface area contributed by atoms with Crippen molar-refractivity contribution in [1.82, 2.24) is 5.32 Å². The predicted molar refractivity (Wildman–Crippen MR) is 58.0 cm³/mol. The van der Waals surface area contributed by atoms with Crippen LogP contribution >= 0.6 is 11.6 Å². The summed E-state index contributed by atoms with van der Waals surface area (Å²) in [4.78, 5) is 0. The molecule has 0 unspecified atom stereocenters. The number of benzene rings is 1. The topological polar surface area (TPSA) is 12.0 Å². The summed E-state index contributed by atoms with van der Waals surface area (Å²) >= 11 is 5.90. The van der Waals surface area contributed by atoms with Crippen LogP contribution in [0, 0.1) is 5.82 Å². The Morgan fingerprint density at radius 3 is 2.93 bits per heavy atom. The lowest BCUT2D eigenvalue weighted by atomic mass is 10.2. The lowest BCUT2D eigenvalue weighted by molar-refractivity contribution is 0.614. The fraction of sp³-hybridized carbons (Fsp3) is 0.455. The van der Waals surface area contributed by atoms with Crippen LogP contribution in [0.1, 0.15) is 25.3 Å². The Balaban J connectivity index is 2.45. The van der Waals surface area contributed by atoms with Gasteiger partial charge in [0.25, 0.3) is 0 Å². The Morgan fingerprint density at radius 1 is 1.43 bits per heavy atom. The van der Waals surface area contributed by atoms with Crippen molar-refractivity contribution in [3.05, 3.63) is 34.6 Å². The van der Waals surface area contributed by atoms with Gasteiger partial charge in [0, 0.05) is 11.6 Å². The van der Waals surface area contributed by atoms with Crippen molar-refractivity contribution >= 4 is 11.6 Å². The molecule has 0 aliphatic carbocycles. The van der Waals surface area contributed by atoms with Crippen molar-refractivity contribution in [1.29, 1.82) is 0 Å². The monoisotopic (exact) mass is 215 g/mol. The molecule has 0 radical (unpaired) electrons. The Hall–Kier alpha value is -0.600. The fourth-order valence-corrected chi connectivity index (χ4v) is 1.39. The minimum absolute atomic E-state index is 0.235. The number of unbranched alkanes of at least 4 members (excludes halogenated alkanes) is 1. The largest absolute Gasteiger partial charge is 0.313 e. The molecule has 0 atom stereocenters. The molecule has 3 heteroatoms. The highest BCUT2D eigenvalue weighted by atomic mass is 35.5. The van der Waals surface area contributed by atoms with E-state index in [0.717, 1.165) is 24.9 Å². The van der Waals surface area contributed by atoms with Crippen LogP contribution in [0.2, 0.25) is 5.02 Å². The average Bonchev–Trinajstić information content (AvgIpc) is 2.18. The summed E-state index contributed by atoms with van der Waals surface area (Å²) in [6.07, 6.45) is 2.29. The van der Waals surface area contributed by atoms with Gasteiger partial charge in [-0.3, -0.25) is 0 Å². The first-order valence-corrected chi connectivity index (χ1v) is 5.26. The van der Waals surface area contributed by atoms with Gasteiger partial charge in [0.05, 0.1) is 0 Å². The molecule has 0 saturated carbocycles. The molecule has 0 heterocycles. The van der Waals surface area contributed by atoms with Crippen molar-refractivity contribution in [2.45, 2.75) is 26.3 Å². The number of nitrogens with one attached hydrogen (secondary N) is 1. The summed E-state index contributed by atoms with van der Waals surface area (Å²) in [5, 5.41) is 3.84. The standard InChI is InChI=1S/C11H15ClFN/c1-2-3-6-14-8-9-7-10(13)4-5-11(9)12/h4-5,7,14H,2-3,6,8H2,1H3. The highest BCUT2D eigenvalue weighted by Gasteiger charge is 2.00. The highest BCUT2D eigenvalue weighted by Crippen LogP contribution is 2.16. The van der Waals surface area contributed by atoms with E-state index in [0.29, 0.717) is 11.6 Å². The molecule has 78 valence electrons. The summed E-state index contributed by atoms with van der Waals surface area (Å²) in [6, 6.07) is 4.44. The molecule has 0 aliphatic rings. The summed E-state index contributed by atoms with van der Waals surface area (Å²) < 4.78 is 12.8. The summed E-state index contributed by atoms with van der Waals surface area (Å²) in [7, 11) is 0. The van der Waals surface area contributed by atoms with Gasteiger partial charge in [-0.05, 0) is 36.7 Å². The van der Waals surface area contributed by atoms with E-state index < -0.39 is 0 Å². The average molecular weight is 216 g/mol. The Kier molecular flexibility index (Phi) is 4.91. The van der Waals surface area contributed by atoms with Crippen molar-refractivity contribution in [2.75, 3.05) is 6.54 Å². The molecule has 0 saturated heterocycles. The molecule has 0 spiro atoms. The maximum Gasteiger partial charge on any atom is 0.123 e. The smallest absolute Gasteiger partial charge is 0.123 e. The number of hydrogen-bond acceptors (Lipinski definition) is 1. The van der Waals surface area contributed by atoms with Gasteiger partial charge in [-0.2, -0.15) is 0 Å². The van der Waals surface area contributed by atoms with E-state index in [4.69, 9.17) is 11.6 Å². The molecule has 1 nitrogen and oxygen atoms in total. The van der Waals surface area contributed by atoms with Gasteiger partial charge in [0.1, 0.15) is 5.82 Å². The molecule has 0 aromatic heterocycles. The van der Waals surface area contributed by atoms with Crippen molar-refractivity contribution in [3.63, 3.8) is 0 Å². The predicted octanol–water partition coefficient (Wildman–Crippen LogP) is 3.37. The maximum atomic E-state index is 12.8. The third kappa shape index (κ3) is 3.64. The van der Waals surface area contributed by atoms with Crippen LogP contribution in [-0.4, -0.2) is 6.54 Å². The van der Waals surface area contributed by atoms with Crippen LogP contribution in [0.15, 0.2) is 18.2 Å². The second kappa shape index (κ2) is 5.99. The zero-order chi connectivity index (χ0) is 10.4. The highest BCUT2D eigenvalue weighted by molar-refractivity contribution is 6.31.